The number of ether oxygens (including phenoxy) is 9. The van der Waals surface area contributed by atoms with Crippen LogP contribution in [0.2, 0.25) is 0 Å². The molecule has 67 heavy (non-hydrogen) atoms. The number of fused-ring (bicyclic) bond motifs is 1. The molecule has 4 aliphatic heterocycles. The first-order chi connectivity index (χ1) is 31.8. The zero-order valence-corrected chi connectivity index (χ0v) is 35.3. The van der Waals surface area contributed by atoms with Crippen molar-refractivity contribution in [2.75, 3.05) is 20.3 Å². The van der Waals surface area contributed by atoms with E-state index in [1.54, 1.807) is 0 Å². The predicted molar refractivity (Wildman–Crippen MR) is 220 cm³/mol. The van der Waals surface area contributed by atoms with Crippen molar-refractivity contribution < 1.29 is 119 Å². The number of hydrogen-bond acceptors (Lipinski definition) is 23. The molecule has 0 bridgehead atoms. The van der Waals surface area contributed by atoms with Gasteiger partial charge in [0.05, 0.1) is 31.5 Å². The molecule has 0 radical (unpaired) electrons. The standard InChI is InChI=1S/C43H50O24/c1-15-30(49)34(53)37(56)41(62-15)61-14-28-33(52)36(55)39(58)43(67-28)65-26-12-19-23(63-40(26)17-8-21(46)31(50)22(47)9-17)10-18(44)11-24(19)64-42-38(57)35(54)32(51)27(66-42)13-60-29(48)6-4-16-3-5-20(45)25(7-16)59-2/h3-12,15,27-28,30,32-47,49-58H,13-14H2,1-2H3/p+1/b6-4+/t15-,27-,28+,30-,32-,33+,34-,35-,36-,37+,38-,39+,40?,41+,42+,43+/m0/s1. The van der Waals surface area contributed by atoms with Crippen LogP contribution in [0.3, 0.4) is 0 Å². The molecule has 3 aromatic rings. The SMILES string of the molecule is COc1cc(/C=C/C(=O)OC[C@@H]2O[C@@H](Oc3cc(O)cc4c3C=C(O[C@@H]3O[C@H](CO[C@@H]5O[C@@H](C)[C@H](O)[C@H](O)[C@H]5O)[C@@H](O)[C@H](O)[C@H]3O)C(c3cc(O)c(O)c(O)c3)[OH+]4)[C@@H](O)[C@@H](O)[C@H]2O)ccc1O. The third-order valence-corrected chi connectivity index (χ3v) is 11.4. The minimum absolute atomic E-state index is 0.0456. The van der Waals surface area contributed by atoms with Crippen LogP contribution in [0.25, 0.3) is 12.2 Å². The summed E-state index contributed by atoms with van der Waals surface area (Å²) >= 11 is 0. The van der Waals surface area contributed by atoms with Gasteiger partial charge in [-0.3, -0.25) is 0 Å². The first-order valence-corrected chi connectivity index (χ1v) is 20.6. The summed E-state index contributed by atoms with van der Waals surface area (Å²) in [7, 11) is 1.34. The third-order valence-electron chi connectivity index (χ3n) is 11.4. The molecular formula is C43H51O24+. The highest BCUT2D eigenvalue weighted by molar-refractivity contribution is 5.87. The number of hydrogen-bond donors (Lipinski definition) is 14. The predicted octanol–water partition coefficient (Wildman–Crippen LogP) is -2.33. The van der Waals surface area contributed by atoms with Gasteiger partial charge in [0.1, 0.15) is 90.8 Å². The Morgan fingerprint density at radius 2 is 1.25 bits per heavy atom. The third kappa shape index (κ3) is 10.4. The summed E-state index contributed by atoms with van der Waals surface area (Å²) in [6.45, 7) is 0.0934. The Bertz CT molecular complexity index is 2280. The van der Waals surface area contributed by atoms with Gasteiger partial charge in [0.25, 0.3) is 11.9 Å². The van der Waals surface area contributed by atoms with E-state index < -0.39 is 140 Å². The fraction of sp³-hybridized carbons (Fsp3) is 0.465. The number of rotatable bonds is 13. The molecule has 16 atom stereocenters. The maximum absolute atomic E-state index is 12.6. The van der Waals surface area contributed by atoms with Crippen molar-refractivity contribution in [2.45, 2.75) is 105 Å². The molecule has 0 amide bonds. The minimum atomic E-state index is -2.00. The van der Waals surface area contributed by atoms with Crippen molar-refractivity contribution in [1.82, 2.24) is 0 Å². The van der Waals surface area contributed by atoms with Crippen LogP contribution < -0.4 is 9.47 Å². The fourth-order valence-electron chi connectivity index (χ4n) is 7.57. The molecule has 7 rings (SSSR count). The Morgan fingerprint density at radius 3 is 1.90 bits per heavy atom. The lowest BCUT2D eigenvalue weighted by atomic mass is 9.98. The lowest BCUT2D eigenvalue weighted by Crippen LogP contribution is -2.61. The Hall–Kier alpha value is -5.71. The molecule has 4 heterocycles. The lowest BCUT2D eigenvalue weighted by Gasteiger charge is -2.42. The van der Waals surface area contributed by atoms with Gasteiger partial charge >= 0.3 is 5.97 Å². The average molecular weight is 952 g/mol. The highest BCUT2D eigenvalue weighted by Gasteiger charge is 2.50. The van der Waals surface area contributed by atoms with Crippen LogP contribution in [-0.2, 0) is 33.2 Å². The van der Waals surface area contributed by atoms with Crippen molar-refractivity contribution in [2.24, 2.45) is 0 Å². The molecule has 4 aliphatic rings. The molecule has 3 aromatic carbocycles. The van der Waals surface area contributed by atoms with Crippen LogP contribution in [0.4, 0.5) is 0 Å². The number of carbonyl (C=O) groups is 1. The maximum Gasteiger partial charge on any atom is 0.330 e. The Morgan fingerprint density at radius 1 is 0.657 bits per heavy atom. The second-order valence-electron chi connectivity index (χ2n) is 16.0. The monoisotopic (exact) mass is 951 g/mol. The Kier molecular flexibility index (Phi) is 14.9. The van der Waals surface area contributed by atoms with Crippen molar-refractivity contribution >= 4 is 18.1 Å². The summed E-state index contributed by atoms with van der Waals surface area (Å²) in [6.07, 6.45) is -23.5. The topological polar surface area (TPSA) is 387 Å². The molecule has 366 valence electrons. The molecule has 0 saturated carbocycles. The highest BCUT2D eigenvalue weighted by atomic mass is 16.7. The highest BCUT2D eigenvalue weighted by Crippen LogP contribution is 2.48. The molecule has 1 unspecified atom stereocenters. The molecule has 15 N–H and O–H groups in total. The van der Waals surface area contributed by atoms with Crippen LogP contribution in [-0.4, -0.2) is 195 Å². The van der Waals surface area contributed by atoms with Gasteiger partial charge in [-0.1, -0.05) is 6.07 Å². The number of phenolic OH excluding ortho intramolecular Hbond substituents is 5. The first kappa shape index (κ1) is 49.2. The minimum Gasteiger partial charge on any atom is -0.571 e. The van der Waals surface area contributed by atoms with Crippen LogP contribution in [0.1, 0.15) is 29.7 Å². The van der Waals surface area contributed by atoms with Gasteiger partial charge in [-0.15, -0.1) is 0 Å². The van der Waals surface area contributed by atoms with Gasteiger partial charge < -0.3 is 114 Å². The number of carbonyl (C=O) groups excluding carboxylic acids is 1. The van der Waals surface area contributed by atoms with E-state index in [9.17, 15) is 76.3 Å². The van der Waals surface area contributed by atoms with Gasteiger partial charge in [0.15, 0.2) is 40.8 Å². The zero-order valence-electron chi connectivity index (χ0n) is 35.3. The molecule has 3 fully saturated rings. The first-order valence-electron chi connectivity index (χ1n) is 20.6. The molecular weight excluding hydrogens is 900 g/mol. The van der Waals surface area contributed by atoms with Gasteiger partial charge in [-0.25, -0.2) is 4.79 Å². The molecule has 0 aliphatic carbocycles. The van der Waals surface area contributed by atoms with Crippen LogP contribution in [0.15, 0.2) is 54.3 Å². The zero-order chi connectivity index (χ0) is 48.6. The smallest absolute Gasteiger partial charge is 0.330 e. The van der Waals surface area contributed by atoms with E-state index >= 15 is 0 Å². The molecule has 24 nitrogen and oxygen atoms in total. The number of esters is 1. The number of methoxy groups -OCH3 is 1. The number of phenols is 5. The van der Waals surface area contributed by atoms with E-state index in [4.69, 9.17) is 37.9 Å². The summed E-state index contributed by atoms with van der Waals surface area (Å²) in [5, 5.41) is 148. The summed E-state index contributed by atoms with van der Waals surface area (Å²) in [6, 6.07) is 8.51. The van der Waals surface area contributed by atoms with Crippen molar-refractivity contribution in [1.29, 1.82) is 0 Å². The molecule has 3 saturated heterocycles. The average Bonchev–Trinajstić information content (AvgIpc) is 3.30. The molecule has 0 aromatic heterocycles. The van der Waals surface area contributed by atoms with E-state index in [-0.39, 0.29) is 39.9 Å². The Labute approximate surface area is 379 Å². The van der Waals surface area contributed by atoms with Crippen LogP contribution in [0, 0.1) is 0 Å². The van der Waals surface area contributed by atoms with Crippen molar-refractivity contribution in [3.63, 3.8) is 0 Å². The van der Waals surface area contributed by atoms with E-state index in [0.717, 1.165) is 30.3 Å². The van der Waals surface area contributed by atoms with E-state index in [2.05, 4.69) is 4.74 Å². The van der Waals surface area contributed by atoms with E-state index in [0.29, 0.717) is 5.56 Å². The maximum atomic E-state index is 12.6. The second-order valence-corrected chi connectivity index (χ2v) is 16.0. The normalized spacial score (nSPS) is 34.1. The summed E-state index contributed by atoms with van der Waals surface area (Å²) in [5.41, 5.74) is 0.356. The van der Waals surface area contributed by atoms with Gasteiger partial charge in [-0.2, -0.15) is 0 Å². The largest absolute Gasteiger partial charge is 0.571 e. The van der Waals surface area contributed by atoms with Gasteiger partial charge in [-0.05, 0) is 42.8 Å². The van der Waals surface area contributed by atoms with Crippen molar-refractivity contribution in [3.05, 3.63) is 71.0 Å². The summed E-state index contributed by atoms with van der Waals surface area (Å²) in [4.78, 5) is 12.6. The van der Waals surface area contributed by atoms with E-state index in [1.165, 1.54) is 44.4 Å². The quantitative estimate of drug-likeness (QED) is 0.0370. The lowest BCUT2D eigenvalue weighted by molar-refractivity contribution is -0.325. The van der Waals surface area contributed by atoms with Crippen molar-refractivity contribution in [3.8, 4) is 46.0 Å². The summed E-state index contributed by atoms with van der Waals surface area (Å²) in [5.74, 6) is -4.53. The van der Waals surface area contributed by atoms with Gasteiger partial charge in [0.2, 0.25) is 12.6 Å². The van der Waals surface area contributed by atoms with Crippen LogP contribution in [0.5, 0.6) is 46.0 Å². The van der Waals surface area contributed by atoms with E-state index in [1.807, 2.05) is 0 Å². The van der Waals surface area contributed by atoms with Gasteiger partial charge in [0, 0.05) is 18.2 Å². The Balaban J connectivity index is 1.14. The molecule has 24 heteroatoms. The van der Waals surface area contributed by atoms with Crippen LogP contribution >= 0.6 is 0 Å². The molecule has 0 spiro atoms. The number of benzene rings is 3. The number of aromatic hydroxyl groups is 6. The number of aliphatic hydroxyl groups excluding tert-OH is 9. The second kappa shape index (κ2) is 20.3. The fourth-order valence-corrected chi connectivity index (χ4v) is 7.57. The number of aliphatic hydroxyl groups is 10. The summed E-state index contributed by atoms with van der Waals surface area (Å²) < 4.78 is 49.5.